The molecule has 0 aromatic carbocycles. The monoisotopic (exact) mass is 402 g/mol. The molecule has 0 radical (unpaired) electrons. The first-order valence-electron chi connectivity index (χ1n) is 10.3. The van der Waals surface area contributed by atoms with Gasteiger partial charge in [0.1, 0.15) is 0 Å². The summed E-state index contributed by atoms with van der Waals surface area (Å²) < 4.78 is 25.3. The average molecular weight is 403 g/mol. The Balaban J connectivity index is 5.71. The quantitative estimate of drug-likeness (QED) is 0.288. The zero-order valence-corrected chi connectivity index (χ0v) is 20.0. The van der Waals surface area contributed by atoms with E-state index in [2.05, 4.69) is 54.7 Å². The Morgan fingerprint density at radius 2 is 0.846 bits per heavy atom. The maximum Gasteiger partial charge on any atom is 0.367 e. The smallest absolute Gasteiger partial charge is 0.367 e. The molecule has 0 aromatic rings. The molecular formula is C20H42O4Si2. The maximum atomic E-state index is 6.34. The second kappa shape index (κ2) is 13.9. The second-order valence-electron chi connectivity index (χ2n) is 6.82. The number of hydrogen-bond acceptors (Lipinski definition) is 4. The van der Waals surface area contributed by atoms with Crippen LogP contribution in [0.3, 0.4) is 0 Å². The van der Waals surface area contributed by atoms with Crippen LogP contribution in [0, 0.1) is 0 Å². The lowest BCUT2D eigenvalue weighted by Crippen LogP contribution is -2.53. The molecule has 0 bridgehead atoms. The third kappa shape index (κ3) is 7.05. The predicted molar refractivity (Wildman–Crippen MR) is 116 cm³/mol. The van der Waals surface area contributed by atoms with Crippen LogP contribution in [0.25, 0.3) is 0 Å². The molecule has 0 aromatic heterocycles. The van der Waals surface area contributed by atoms with Gasteiger partial charge in [-0.15, -0.1) is 13.2 Å². The van der Waals surface area contributed by atoms with Gasteiger partial charge in [-0.1, -0.05) is 41.5 Å². The van der Waals surface area contributed by atoms with Crippen molar-refractivity contribution in [1.29, 1.82) is 0 Å². The largest absolute Gasteiger partial charge is 0.391 e. The minimum Gasteiger partial charge on any atom is -0.391 e. The molecule has 2 unspecified atom stereocenters. The predicted octanol–water partition coefficient (Wildman–Crippen LogP) is 5.81. The highest BCUT2D eigenvalue weighted by Gasteiger charge is 2.53. The van der Waals surface area contributed by atoms with Gasteiger partial charge in [-0.2, -0.15) is 0 Å². The summed E-state index contributed by atoms with van der Waals surface area (Å²) in [5, 5.41) is 0. The third-order valence-corrected chi connectivity index (χ3v) is 12.3. The van der Waals surface area contributed by atoms with E-state index >= 15 is 0 Å². The van der Waals surface area contributed by atoms with E-state index < -0.39 is 17.1 Å². The fraction of sp³-hybridized carbons (Fsp3) is 0.800. The van der Waals surface area contributed by atoms with Crippen LogP contribution >= 0.6 is 0 Å². The van der Waals surface area contributed by atoms with Crippen LogP contribution in [0.1, 0.15) is 67.2 Å². The summed E-state index contributed by atoms with van der Waals surface area (Å²) in [6.07, 6.45) is 3.84. The standard InChI is InChI=1S/C20H42O4Si2/c1-9-15-21-25(13-5,22-16-10-2)19(7)20(8)26(14-6,23-17-11-3)24-18-12-4/h13-14,19-20H,5-6,9-12,15-18H2,1-4,7-8H3. The van der Waals surface area contributed by atoms with E-state index in [1.807, 2.05) is 11.4 Å². The zero-order chi connectivity index (χ0) is 20.1. The second-order valence-corrected chi connectivity index (χ2v) is 13.5. The fourth-order valence-electron chi connectivity index (χ4n) is 2.96. The first-order chi connectivity index (χ1) is 12.4. The molecule has 0 aliphatic heterocycles. The summed E-state index contributed by atoms with van der Waals surface area (Å²) in [5.74, 6) is 0. The van der Waals surface area contributed by atoms with Crippen LogP contribution in [-0.4, -0.2) is 43.5 Å². The van der Waals surface area contributed by atoms with Crippen molar-refractivity contribution in [2.24, 2.45) is 0 Å². The SMILES string of the molecule is C=C[Si](OCCC)(OCCC)C(C)C(C)[Si](C=C)(OCCC)OCCC. The van der Waals surface area contributed by atoms with Crippen molar-refractivity contribution in [3.63, 3.8) is 0 Å². The van der Waals surface area contributed by atoms with Crippen LogP contribution in [0.5, 0.6) is 0 Å². The molecule has 0 rings (SSSR count). The first-order valence-corrected chi connectivity index (χ1v) is 14.2. The van der Waals surface area contributed by atoms with Crippen LogP contribution in [-0.2, 0) is 17.7 Å². The van der Waals surface area contributed by atoms with Gasteiger partial charge in [0.25, 0.3) is 0 Å². The molecule has 0 saturated carbocycles. The Kier molecular flexibility index (Phi) is 13.7. The lowest BCUT2D eigenvalue weighted by molar-refractivity contribution is 0.151. The molecule has 26 heavy (non-hydrogen) atoms. The fourth-order valence-corrected chi connectivity index (χ4v) is 10.3. The van der Waals surface area contributed by atoms with Crippen LogP contribution in [0.2, 0.25) is 11.1 Å². The van der Waals surface area contributed by atoms with E-state index in [1.54, 1.807) is 0 Å². The van der Waals surface area contributed by atoms with Crippen LogP contribution in [0.4, 0.5) is 0 Å². The molecular weight excluding hydrogens is 360 g/mol. The minimum absolute atomic E-state index is 0.163. The zero-order valence-electron chi connectivity index (χ0n) is 18.0. The van der Waals surface area contributed by atoms with Gasteiger partial charge in [0.15, 0.2) is 0 Å². The Morgan fingerprint density at radius 3 is 1.00 bits per heavy atom. The molecule has 4 nitrogen and oxygen atoms in total. The summed E-state index contributed by atoms with van der Waals surface area (Å²) in [6.45, 7) is 23.8. The first kappa shape index (κ1) is 25.8. The van der Waals surface area contributed by atoms with Gasteiger partial charge in [0.2, 0.25) is 0 Å². The van der Waals surface area contributed by atoms with Gasteiger partial charge in [0.05, 0.1) is 0 Å². The van der Waals surface area contributed by atoms with E-state index in [0.717, 1.165) is 25.7 Å². The highest BCUT2D eigenvalue weighted by Crippen LogP contribution is 2.43. The van der Waals surface area contributed by atoms with Gasteiger partial charge >= 0.3 is 17.1 Å². The van der Waals surface area contributed by atoms with Gasteiger partial charge in [-0.25, -0.2) is 0 Å². The Morgan fingerprint density at radius 1 is 0.615 bits per heavy atom. The van der Waals surface area contributed by atoms with E-state index in [1.165, 1.54) is 0 Å². The van der Waals surface area contributed by atoms with Crippen molar-refractivity contribution in [2.75, 3.05) is 26.4 Å². The molecule has 0 fully saturated rings. The van der Waals surface area contributed by atoms with Gasteiger partial charge < -0.3 is 17.7 Å². The van der Waals surface area contributed by atoms with Crippen molar-refractivity contribution < 1.29 is 17.7 Å². The summed E-state index contributed by atoms with van der Waals surface area (Å²) in [7, 11) is -5.18. The molecule has 0 saturated heterocycles. The lowest BCUT2D eigenvalue weighted by Gasteiger charge is -2.42. The molecule has 6 heteroatoms. The molecule has 0 heterocycles. The summed E-state index contributed by atoms with van der Waals surface area (Å²) in [6, 6.07) is 0. The van der Waals surface area contributed by atoms with E-state index in [4.69, 9.17) is 17.7 Å². The van der Waals surface area contributed by atoms with Crippen molar-refractivity contribution in [2.45, 2.75) is 78.3 Å². The number of hydrogen-bond donors (Lipinski definition) is 0. The summed E-state index contributed by atoms with van der Waals surface area (Å²) in [5.41, 5.74) is 4.22. The van der Waals surface area contributed by atoms with Crippen LogP contribution < -0.4 is 0 Å². The molecule has 0 amide bonds. The summed E-state index contributed by atoms with van der Waals surface area (Å²) >= 11 is 0. The van der Waals surface area contributed by atoms with Gasteiger partial charge in [-0.05, 0) is 37.1 Å². The normalized spacial score (nSPS) is 14.8. The highest BCUT2D eigenvalue weighted by molar-refractivity contribution is 6.80. The molecule has 154 valence electrons. The molecule has 0 spiro atoms. The molecule has 2 atom stereocenters. The van der Waals surface area contributed by atoms with E-state index in [9.17, 15) is 0 Å². The van der Waals surface area contributed by atoms with Crippen molar-refractivity contribution in [3.8, 4) is 0 Å². The Hall–Kier alpha value is -0.246. The van der Waals surface area contributed by atoms with Crippen molar-refractivity contribution in [3.05, 3.63) is 24.6 Å². The summed E-state index contributed by atoms with van der Waals surface area (Å²) in [4.78, 5) is 0. The van der Waals surface area contributed by atoms with Gasteiger partial charge in [0, 0.05) is 37.5 Å². The highest BCUT2D eigenvalue weighted by atomic mass is 28.4. The van der Waals surface area contributed by atoms with Crippen molar-refractivity contribution in [1.82, 2.24) is 0 Å². The Labute approximate surface area is 164 Å². The third-order valence-electron chi connectivity index (χ3n) is 4.72. The van der Waals surface area contributed by atoms with Crippen molar-refractivity contribution >= 4 is 17.1 Å². The van der Waals surface area contributed by atoms with E-state index in [0.29, 0.717) is 26.4 Å². The van der Waals surface area contributed by atoms with E-state index in [-0.39, 0.29) is 11.1 Å². The topological polar surface area (TPSA) is 36.9 Å². The Bertz CT molecular complexity index is 338. The number of rotatable bonds is 17. The maximum absolute atomic E-state index is 6.34. The molecule has 0 N–H and O–H groups in total. The van der Waals surface area contributed by atoms with Gasteiger partial charge in [-0.3, -0.25) is 0 Å². The molecule has 0 aliphatic carbocycles. The minimum atomic E-state index is -2.59. The van der Waals surface area contributed by atoms with Crippen LogP contribution in [0.15, 0.2) is 24.6 Å². The lowest BCUT2D eigenvalue weighted by atomic mass is 10.3. The average Bonchev–Trinajstić information content (AvgIpc) is 2.68. The molecule has 0 aliphatic rings.